The number of nitriles is 1. The number of hydrogen-bond acceptors (Lipinski definition) is 2. The van der Waals surface area contributed by atoms with Gasteiger partial charge in [0.1, 0.15) is 0 Å². The van der Waals surface area contributed by atoms with Gasteiger partial charge in [0, 0.05) is 6.54 Å². The van der Waals surface area contributed by atoms with Crippen LogP contribution in [0.15, 0.2) is 24.3 Å². The van der Waals surface area contributed by atoms with Crippen molar-refractivity contribution in [2.24, 2.45) is 5.92 Å². The highest BCUT2D eigenvalue weighted by molar-refractivity contribution is 5.21. The lowest BCUT2D eigenvalue weighted by molar-refractivity contribution is 0.555. The molecule has 0 fully saturated rings. The summed E-state index contributed by atoms with van der Waals surface area (Å²) in [4.78, 5) is 0. The van der Waals surface area contributed by atoms with Crippen LogP contribution in [0.3, 0.4) is 0 Å². The molecule has 1 aromatic rings. The SMILES string of the molecule is CCC(C#N)CNCCc1ccc(C)cc1. The molecule has 0 aliphatic rings. The summed E-state index contributed by atoms with van der Waals surface area (Å²) in [7, 11) is 0. The van der Waals surface area contributed by atoms with E-state index < -0.39 is 0 Å². The lowest BCUT2D eigenvalue weighted by atomic mass is 10.1. The van der Waals surface area contributed by atoms with Gasteiger partial charge in [0.25, 0.3) is 0 Å². The fraction of sp³-hybridized carbons (Fsp3) is 0.500. The molecule has 2 heteroatoms. The minimum Gasteiger partial charge on any atom is -0.315 e. The molecule has 0 amide bonds. The van der Waals surface area contributed by atoms with E-state index in [0.29, 0.717) is 0 Å². The van der Waals surface area contributed by atoms with Crippen LogP contribution in [0.5, 0.6) is 0 Å². The average molecular weight is 216 g/mol. The number of hydrogen-bond donors (Lipinski definition) is 1. The Morgan fingerprint density at radius 2 is 2.00 bits per heavy atom. The van der Waals surface area contributed by atoms with Crippen LogP contribution in [0.2, 0.25) is 0 Å². The molecular formula is C14H20N2. The molecule has 1 N–H and O–H groups in total. The molecule has 0 saturated heterocycles. The number of nitrogens with one attached hydrogen (secondary N) is 1. The van der Waals surface area contributed by atoms with Gasteiger partial charge in [-0.1, -0.05) is 36.8 Å². The first kappa shape index (κ1) is 12.7. The third-order valence-corrected chi connectivity index (χ3v) is 2.78. The van der Waals surface area contributed by atoms with Crippen LogP contribution in [-0.2, 0) is 6.42 Å². The van der Waals surface area contributed by atoms with Crippen LogP contribution in [0.25, 0.3) is 0 Å². The monoisotopic (exact) mass is 216 g/mol. The number of aryl methyl sites for hydroxylation is 1. The molecule has 0 saturated carbocycles. The molecule has 0 bridgehead atoms. The van der Waals surface area contributed by atoms with Gasteiger partial charge in [-0.2, -0.15) is 5.26 Å². The highest BCUT2D eigenvalue weighted by Gasteiger charge is 2.02. The van der Waals surface area contributed by atoms with Crippen LogP contribution in [0.4, 0.5) is 0 Å². The zero-order valence-corrected chi connectivity index (χ0v) is 10.2. The standard InChI is InChI=1S/C14H20N2/c1-3-13(10-15)11-16-9-8-14-6-4-12(2)5-7-14/h4-7,13,16H,3,8-9,11H2,1-2H3. The van der Waals surface area contributed by atoms with E-state index in [-0.39, 0.29) is 5.92 Å². The topological polar surface area (TPSA) is 35.8 Å². The van der Waals surface area contributed by atoms with Crippen LogP contribution in [-0.4, -0.2) is 13.1 Å². The Balaban J connectivity index is 2.21. The van der Waals surface area contributed by atoms with Crippen molar-refractivity contribution in [3.8, 4) is 6.07 Å². The zero-order valence-electron chi connectivity index (χ0n) is 10.2. The van der Waals surface area contributed by atoms with E-state index in [1.807, 2.05) is 0 Å². The maximum atomic E-state index is 8.78. The molecule has 1 rings (SSSR count). The van der Waals surface area contributed by atoms with E-state index in [9.17, 15) is 0 Å². The van der Waals surface area contributed by atoms with Gasteiger partial charge in [-0.15, -0.1) is 0 Å². The summed E-state index contributed by atoms with van der Waals surface area (Å²) in [5.74, 6) is 0.151. The first-order valence-corrected chi connectivity index (χ1v) is 5.92. The lowest BCUT2D eigenvalue weighted by Gasteiger charge is -2.08. The second-order valence-electron chi connectivity index (χ2n) is 4.17. The van der Waals surface area contributed by atoms with E-state index in [0.717, 1.165) is 25.9 Å². The molecule has 0 aliphatic heterocycles. The summed E-state index contributed by atoms with van der Waals surface area (Å²) in [6.07, 6.45) is 1.95. The van der Waals surface area contributed by atoms with Gasteiger partial charge in [-0.25, -0.2) is 0 Å². The molecular weight excluding hydrogens is 196 g/mol. The summed E-state index contributed by atoms with van der Waals surface area (Å²) < 4.78 is 0. The Morgan fingerprint density at radius 1 is 1.31 bits per heavy atom. The Bertz CT molecular complexity index is 335. The normalized spacial score (nSPS) is 12.1. The summed E-state index contributed by atoms with van der Waals surface area (Å²) in [6, 6.07) is 10.9. The molecule has 86 valence electrons. The summed E-state index contributed by atoms with van der Waals surface area (Å²) in [6.45, 7) is 5.90. The molecule has 0 aliphatic carbocycles. The van der Waals surface area contributed by atoms with E-state index in [1.54, 1.807) is 0 Å². The van der Waals surface area contributed by atoms with E-state index >= 15 is 0 Å². The maximum Gasteiger partial charge on any atom is 0.0669 e. The van der Waals surface area contributed by atoms with Gasteiger partial charge in [0.15, 0.2) is 0 Å². The molecule has 1 atom stereocenters. The van der Waals surface area contributed by atoms with Gasteiger partial charge in [-0.3, -0.25) is 0 Å². The first-order valence-electron chi connectivity index (χ1n) is 5.92. The van der Waals surface area contributed by atoms with Crippen LogP contribution < -0.4 is 5.32 Å². The molecule has 0 aromatic heterocycles. The smallest absolute Gasteiger partial charge is 0.0669 e. The van der Waals surface area contributed by atoms with E-state index in [1.165, 1.54) is 11.1 Å². The van der Waals surface area contributed by atoms with Gasteiger partial charge in [0.2, 0.25) is 0 Å². The highest BCUT2D eigenvalue weighted by atomic mass is 14.8. The average Bonchev–Trinajstić information content (AvgIpc) is 2.32. The highest BCUT2D eigenvalue weighted by Crippen LogP contribution is 2.03. The molecule has 16 heavy (non-hydrogen) atoms. The van der Waals surface area contributed by atoms with Crippen molar-refractivity contribution < 1.29 is 0 Å². The summed E-state index contributed by atoms with van der Waals surface area (Å²) in [5.41, 5.74) is 2.65. The van der Waals surface area contributed by atoms with Crippen molar-refractivity contribution in [3.05, 3.63) is 35.4 Å². The van der Waals surface area contributed by atoms with E-state index in [2.05, 4.69) is 49.5 Å². The predicted molar refractivity (Wildman–Crippen MR) is 67.1 cm³/mol. The molecule has 1 unspecified atom stereocenters. The molecule has 0 radical (unpaired) electrons. The van der Waals surface area contributed by atoms with E-state index in [4.69, 9.17) is 5.26 Å². The van der Waals surface area contributed by atoms with Crippen molar-refractivity contribution in [1.29, 1.82) is 5.26 Å². The van der Waals surface area contributed by atoms with Crippen molar-refractivity contribution >= 4 is 0 Å². The zero-order chi connectivity index (χ0) is 11.8. The molecule has 2 nitrogen and oxygen atoms in total. The fourth-order valence-corrected chi connectivity index (χ4v) is 1.55. The molecule has 0 heterocycles. The minimum absolute atomic E-state index is 0.151. The number of rotatable bonds is 6. The van der Waals surface area contributed by atoms with Gasteiger partial charge in [0.05, 0.1) is 12.0 Å². The minimum atomic E-state index is 0.151. The second-order valence-corrected chi connectivity index (χ2v) is 4.17. The third-order valence-electron chi connectivity index (χ3n) is 2.78. The number of benzene rings is 1. The van der Waals surface area contributed by atoms with Gasteiger partial charge >= 0.3 is 0 Å². The van der Waals surface area contributed by atoms with Crippen LogP contribution in [0.1, 0.15) is 24.5 Å². The van der Waals surface area contributed by atoms with Crippen LogP contribution in [0, 0.1) is 24.2 Å². The first-order chi connectivity index (χ1) is 7.76. The number of nitrogens with zero attached hydrogens (tertiary/aromatic N) is 1. The largest absolute Gasteiger partial charge is 0.315 e. The Morgan fingerprint density at radius 3 is 2.56 bits per heavy atom. The van der Waals surface area contributed by atoms with Crippen LogP contribution >= 0.6 is 0 Å². The van der Waals surface area contributed by atoms with Crippen molar-refractivity contribution in [3.63, 3.8) is 0 Å². The predicted octanol–water partition coefficient (Wildman–Crippen LogP) is 2.68. The summed E-state index contributed by atoms with van der Waals surface area (Å²) in [5, 5.41) is 12.1. The Kier molecular flexibility index (Phi) is 5.60. The fourth-order valence-electron chi connectivity index (χ4n) is 1.55. The molecule has 1 aromatic carbocycles. The third kappa shape index (κ3) is 4.46. The maximum absolute atomic E-state index is 8.78. The summed E-state index contributed by atoms with van der Waals surface area (Å²) >= 11 is 0. The van der Waals surface area contributed by atoms with Gasteiger partial charge < -0.3 is 5.32 Å². The Hall–Kier alpha value is -1.33. The molecule has 0 spiro atoms. The quantitative estimate of drug-likeness (QED) is 0.742. The van der Waals surface area contributed by atoms with Crippen molar-refractivity contribution in [1.82, 2.24) is 5.32 Å². The second kappa shape index (κ2) is 7.03. The lowest BCUT2D eigenvalue weighted by Crippen LogP contribution is -2.23. The Labute approximate surface area is 98.3 Å². The van der Waals surface area contributed by atoms with Crippen molar-refractivity contribution in [2.75, 3.05) is 13.1 Å². The van der Waals surface area contributed by atoms with Crippen molar-refractivity contribution in [2.45, 2.75) is 26.7 Å². The van der Waals surface area contributed by atoms with Gasteiger partial charge in [-0.05, 0) is 31.9 Å².